The first kappa shape index (κ1) is 13.2. The first-order valence-electron chi connectivity index (χ1n) is 8.52. The van der Waals surface area contributed by atoms with Crippen LogP contribution in [0.3, 0.4) is 0 Å². The molecule has 6 rings (SSSR count). The maximum atomic E-state index is 6.11. The minimum Gasteiger partial charge on any atom is -0.365 e. The van der Waals surface area contributed by atoms with Gasteiger partial charge in [0, 0.05) is 15.9 Å². The topological polar surface area (TPSA) is 24.9 Å². The zero-order valence-electron chi connectivity index (χ0n) is 12.7. The van der Waals surface area contributed by atoms with Gasteiger partial charge in [0.25, 0.3) is 0 Å². The number of pyridine rings is 1. The van der Waals surface area contributed by atoms with Crippen molar-refractivity contribution in [3.63, 3.8) is 0 Å². The Kier molecular flexibility index (Phi) is 2.76. The Bertz CT molecular complexity index is 704. The highest BCUT2D eigenvalue weighted by molar-refractivity contribution is 6.31. The number of nitrogens with one attached hydrogen (secondary N) is 1. The number of rotatable bonds is 2. The van der Waals surface area contributed by atoms with Crippen LogP contribution in [-0.4, -0.2) is 10.5 Å². The summed E-state index contributed by atoms with van der Waals surface area (Å²) < 4.78 is 0. The second kappa shape index (κ2) is 4.61. The van der Waals surface area contributed by atoms with Crippen LogP contribution in [0.5, 0.6) is 0 Å². The molecular formula is C19H21ClN2. The summed E-state index contributed by atoms with van der Waals surface area (Å²) in [5.74, 6) is 3.88. The van der Waals surface area contributed by atoms with Crippen LogP contribution in [0.2, 0.25) is 5.02 Å². The fourth-order valence-electron chi connectivity index (χ4n) is 5.70. The van der Waals surface area contributed by atoms with Crippen molar-refractivity contribution in [1.29, 1.82) is 0 Å². The van der Waals surface area contributed by atoms with E-state index in [1.54, 1.807) is 0 Å². The molecule has 114 valence electrons. The quantitative estimate of drug-likeness (QED) is 0.817. The molecule has 1 aromatic carbocycles. The average molecular weight is 313 g/mol. The standard InChI is InChI=1S/C19H21ClN2/c20-16-3-1-15-2-4-18(21-17(15)8-16)22-19-9-12-5-13(10-19)7-14(6-12)11-19/h1-4,8,12-14H,5-7,9-11H2,(H,21,22). The van der Waals surface area contributed by atoms with Crippen LogP contribution < -0.4 is 5.32 Å². The number of hydrogen-bond donors (Lipinski definition) is 1. The second-order valence-electron chi connectivity index (χ2n) is 7.86. The predicted molar refractivity (Wildman–Crippen MR) is 91.3 cm³/mol. The third-order valence-electron chi connectivity index (χ3n) is 6.09. The SMILES string of the molecule is Clc1ccc2ccc(NC34CC5CC(CC(C5)C3)C4)nc2c1. The van der Waals surface area contributed by atoms with Gasteiger partial charge in [-0.05, 0) is 80.5 Å². The molecule has 22 heavy (non-hydrogen) atoms. The molecule has 1 N–H and O–H groups in total. The Labute approximate surface area is 136 Å². The minimum atomic E-state index is 0.313. The molecule has 1 heterocycles. The summed E-state index contributed by atoms with van der Waals surface area (Å²) in [5.41, 5.74) is 1.30. The van der Waals surface area contributed by atoms with Crippen molar-refractivity contribution in [2.24, 2.45) is 17.8 Å². The summed E-state index contributed by atoms with van der Waals surface area (Å²) in [6.07, 6.45) is 8.45. The largest absolute Gasteiger partial charge is 0.365 e. The second-order valence-corrected chi connectivity index (χ2v) is 8.29. The van der Waals surface area contributed by atoms with Gasteiger partial charge >= 0.3 is 0 Å². The molecule has 0 saturated heterocycles. The summed E-state index contributed by atoms with van der Waals surface area (Å²) >= 11 is 6.11. The van der Waals surface area contributed by atoms with E-state index in [-0.39, 0.29) is 0 Å². The first-order valence-corrected chi connectivity index (χ1v) is 8.90. The fourth-order valence-corrected chi connectivity index (χ4v) is 5.86. The van der Waals surface area contributed by atoms with Gasteiger partial charge in [-0.3, -0.25) is 0 Å². The summed E-state index contributed by atoms with van der Waals surface area (Å²) in [4.78, 5) is 4.82. The lowest BCUT2D eigenvalue weighted by atomic mass is 9.53. The number of benzene rings is 1. The maximum Gasteiger partial charge on any atom is 0.127 e. The molecule has 4 bridgehead atoms. The molecule has 0 amide bonds. The Hall–Kier alpha value is -1.28. The van der Waals surface area contributed by atoms with Crippen LogP contribution in [0, 0.1) is 17.8 Å². The molecule has 0 spiro atoms. The zero-order valence-corrected chi connectivity index (χ0v) is 13.4. The highest BCUT2D eigenvalue weighted by Crippen LogP contribution is 2.56. The van der Waals surface area contributed by atoms with E-state index in [2.05, 4.69) is 17.4 Å². The Morgan fingerprint density at radius 3 is 2.27 bits per heavy atom. The Morgan fingerprint density at radius 2 is 1.59 bits per heavy atom. The van der Waals surface area contributed by atoms with Crippen LogP contribution >= 0.6 is 11.6 Å². The molecule has 4 aliphatic rings. The molecule has 0 radical (unpaired) electrons. The summed E-state index contributed by atoms with van der Waals surface area (Å²) in [7, 11) is 0. The molecule has 2 nitrogen and oxygen atoms in total. The summed E-state index contributed by atoms with van der Waals surface area (Å²) in [6, 6.07) is 10.2. The Morgan fingerprint density at radius 1 is 0.955 bits per heavy atom. The summed E-state index contributed by atoms with van der Waals surface area (Å²) in [5, 5.41) is 5.75. The number of fused-ring (bicyclic) bond motifs is 1. The van der Waals surface area contributed by atoms with Gasteiger partial charge in [0.1, 0.15) is 5.82 Å². The number of nitrogens with zero attached hydrogens (tertiary/aromatic N) is 1. The lowest BCUT2D eigenvalue weighted by molar-refractivity contribution is 0.0105. The van der Waals surface area contributed by atoms with Crippen LogP contribution in [0.15, 0.2) is 30.3 Å². The highest BCUT2D eigenvalue weighted by Gasteiger charge is 2.51. The van der Waals surface area contributed by atoms with Crippen molar-refractivity contribution < 1.29 is 0 Å². The van der Waals surface area contributed by atoms with Gasteiger partial charge in [-0.2, -0.15) is 0 Å². The van der Waals surface area contributed by atoms with E-state index >= 15 is 0 Å². The van der Waals surface area contributed by atoms with Crippen LogP contribution in [0.1, 0.15) is 38.5 Å². The van der Waals surface area contributed by atoms with Gasteiger partial charge in [0.15, 0.2) is 0 Å². The van der Waals surface area contributed by atoms with Crippen molar-refractivity contribution in [1.82, 2.24) is 4.98 Å². The molecule has 4 aliphatic carbocycles. The smallest absolute Gasteiger partial charge is 0.127 e. The highest BCUT2D eigenvalue weighted by atomic mass is 35.5. The van der Waals surface area contributed by atoms with Gasteiger partial charge in [0.05, 0.1) is 5.52 Å². The molecule has 0 unspecified atom stereocenters. The third-order valence-corrected chi connectivity index (χ3v) is 6.32. The lowest BCUT2D eigenvalue weighted by Crippen LogP contribution is -2.54. The van der Waals surface area contributed by atoms with E-state index in [0.717, 1.165) is 39.5 Å². The van der Waals surface area contributed by atoms with E-state index in [0.29, 0.717) is 5.54 Å². The zero-order chi connectivity index (χ0) is 14.7. The third kappa shape index (κ3) is 2.11. The number of hydrogen-bond acceptors (Lipinski definition) is 2. The van der Waals surface area contributed by atoms with Crippen LogP contribution in [0.4, 0.5) is 5.82 Å². The van der Waals surface area contributed by atoms with E-state index in [9.17, 15) is 0 Å². The van der Waals surface area contributed by atoms with Gasteiger partial charge < -0.3 is 5.32 Å². The van der Waals surface area contributed by atoms with Gasteiger partial charge in [-0.25, -0.2) is 4.98 Å². The monoisotopic (exact) mass is 312 g/mol. The molecule has 4 fully saturated rings. The molecule has 0 atom stereocenters. The average Bonchev–Trinajstić information content (AvgIpc) is 2.44. The minimum absolute atomic E-state index is 0.313. The molecule has 3 heteroatoms. The van der Waals surface area contributed by atoms with E-state index in [1.807, 2.05) is 18.2 Å². The van der Waals surface area contributed by atoms with Crippen molar-refractivity contribution >= 4 is 28.3 Å². The number of halogens is 1. The van der Waals surface area contributed by atoms with Crippen LogP contribution in [0.25, 0.3) is 10.9 Å². The van der Waals surface area contributed by atoms with Crippen LogP contribution in [-0.2, 0) is 0 Å². The molecule has 0 aliphatic heterocycles. The maximum absolute atomic E-state index is 6.11. The van der Waals surface area contributed by atoms with Gasteiger partial charge in [0.2, 0.25) is 0 Å². The van der Waals surface area contributed by atoms with Crippen molar-refractivity contribution in [3.05, 3.63) is 35.4 Å². The molecular weight excluding hydrogens is 292 g/mol. The Balaban J connectivity index is 1.48. The predicted octanol–water partition coefficient (Wildman–Crippen LogP) is 5.27. The van der Waals surface area contributed by atoms with Crippen molar-refractivity contribution in [3.8, 4) is 0 Å². The number of aromatic nitrogens is 1. The summed E-state index contributed by atoms with van der Waals surface area (Å²) in [6.45, 7) is 0. The van der Waals surface area contributed by atoms with Crippen molar-refractivity contribution in [2.45, 2.75) is 44.1 Å². The van der Waals surface area contributed by atoms with E-state index < -0.39 is 0 Å². The number of anilines is 1. The van der Waals surface area contributed by atoms with Gasteiger partial charge in [-0.15, -0.1) is 0 Å². The van der Waals surface area contributed by atoms with E-state index in [1.165, 1.54) is 38.5 Å². The van der Waals surface area contributed by atoms with Crippen molar-refractivity contribution in [2.75, 3.05) is 5.32 Å². The molecule has 2 aromatic rings. The lowest BCUT2D eigenvalue weighted by Gasteiger charge is -2.57. The first-order chi connectivity index (χ1) is 10.7. The fraction of sp³-hybridized carbons (Fsp3) is 0.526. The molecule has 1 aromatic heterocycles. The normalized spacial score (nSPS) is 36.0. The molecule has 4 saturated carbocycles. The van der Waals surface area contributed by atoms with Gasteiger partial charge in [-0.1, -0.05) is 17.7 Å². The van der Waals surface area contributed by atoms with E-state index in [4.69, 9.17) is 16.6 Å².